The molecule has 0 saturated heterocycles. The first kappa shape index (κ1) is 18.7. The van der Waals surface area contributed by atoms with Crippen LogP contribution in [-0.4, -0.2) is 24.1 Å². The second-order valence-corrected chi connectivity index (χ2v) is 7.65. The second-order valence-electron chi connectivity index (χ2n) is 5.39. The highest BCUT2D eigenvalue weighted by molar-refractivity contribution is 7.54. The third-order valence-electron chi connectivity index (χ3n) is 3.60. The predicted molar refractivity (Wildman–Crippen MR) is 96.1 cm³/mol. The van der Waals surface area contributed by atoms with Gasteiger partial charge in [0.2, 0.25) is 0 Å². The number of hydrogen-bond donors (Lipinski definition) is 2. The molecular formula is C18H24NO4P. The molecule has 5 nitrogen and oxygen atoms in total. The van der Waals surface area contributed by atoms with Crippen LogP contribution in [0.1, 0.15) is 19.4 Å². The van der Waals surface area contributed by atoms with Crippen LogP contribution in [0.4, 0.5) is 0 Å². The van der Waals surface area contributed by atoms with Gasteiger partial charge in [-0.3, -0.25) is 4.57 Å². The quantitative estimate of drug-likeness (QED) is 0.700. The monoisotopic (exact) mass is 349 g/mol. The zero-order valence-corrected chi connectivity index (χ0v) is 14.9. The van der Waals surface area contributed by atoms with Crippen LogP contribution in [-0.2, 0) is 20.0 Å². The van der Waals surface area contributed by atoms with Crippen LogP contribution in [0.25, 0.3) is 11.1 Å². The van der Waals surface area contributed by atoms with E-state index in [1.54, 1.807) is 32.0 Å². The minimum Gasteiger partial charge on any atom is -0.508 e. The number of rotatable bonds is 8. The molecule has 0 amide bonds. The molecule has 0 radical (unpaired) electrons. The first-order valence-electron chi connectivity index (χ1n) is 8.01. The number of phenolic OH excluding ortho intramolecular Hbond substituents is 1. The van der Waals surface area contributed by atoms with E-state index in [0.29, 0.717) is 19.6 Å². The summed E-state index contributed by atoms with van der Waals surface area (Å²) in [6.45, 7) is 4.12. The van der Waals surface area contributed by atoms with Crippen LogP contribution in [0.15, 0.2) is 48.5 Å². The highest BCUT2D eigenvalue weighted by atomic mass is 31.2. The molecule has 130 valence electrons. The van der Waals surface area contributed by atoms with Crippen LogP contribution in [0.2, 0.25) is 0 Å². The normalized spacial score (nSPS) is 13.0. The average Bonchev–Trinajstić information content (AvgIpc) is 2.56. The summed E-state index contributed by atoms with van der Waals surface area (Å²) in [5.41, 5.74) is 8.95. The van der Waals surface area contributed by atoms with Gasteiger partial charge in [0.25, 0.3) is 0 Å². The molecule has 0 bridgehead atoms. The lowest BCUT2D eigenvalue weighted by Gasteiger charge is -2.23. The largest absolute Gasteiger partial charge is 0.508 e. The molecule has 0 aromatic heterocycles. The Balaban J connectivity index is 2.12. The Kier molecular flexibility index (Phi) is 6.58. The minimum absolute atomic E-state index is 0.230. The van der Waals surface area contributed by atoms with Gasteiger partial charge in [0.05, 0.1) is 13.2 Å². The van der Waals surface area contributed by atoms with Crippen LogP contribution in [0.3, 0.4) is 0 Å². The molecule has 0 spiro atoms. The maximum Gasteiger partial charge on any atom is 0.347 e. The van der Waals surface area contributed by atoms with E-state index in [2.05, 4.69) is 0 Å². The standard InChI is InChI=1S/C18H24NO4P/c1-3-22-24(21,23-4-2)18(19)12-14-8-10-15(11-9-14)16-6-5-7-17(20)13-16/h5-11,13,18,20H,3-4,12,19H2,1-2H3. The van der Waals surface area contributed by atoms with Crippen molar-refractivity contribution in [2.75, 3.05) is 13.2 Å². The van der Waals surface area contributed by atoms with Crippen LogP contribution >= 0.6 is 7.60 Å². The molecular weight excluding hydrogens is 325 g/mol. The highest BCUT2D eigenvalue weighted by Gasteiger charge is 2.32. The average molecular weight is 349 g/mol. The molecule has 0 aliphatic heterocycles. The van der Waals surface area contributed by atoms with Gasteiger partial charge < -0.3 is 19.9 Å². The van der Waals surface area contributed by atoms with E-state index in [1.165, 1.54) is 0 Å². The fourth-order valence-electron chi connectivity index (χ4n) is 2.46. The Morgan fingerprint density at radius 3 is 2.21 bits per heavy atom. The summed E-state index contributed by atoms with van der Waals surface area (Å²) in [6, 6.07) is 14.8. The van der Waals surface area contributed by atoms with E-state index in [4.69, 9.17) is 14.8 Å². The van der Waals surface area contributed by atoms with Gasteiger partial charge in [0, 0.05) is 0 Å². The van der Waals surface area contributed by atoms with Gasteiger partial charge in [0.15, 0.2) is 0 Å². The fraction of sp³-hybridized carbons (Fsp3) is 0.333. The summed E-state index contributed by atoms with van der Waals surface area (Å²) in [4.78, 5) is 0. The molecule has 0 aliphatic carbocycles. The van der Waals surface area contributed by atoms with Gasteiger partial charge in [0.1, 0.15) is 11.5 Å². The van der Waals surface area contributed by atoms with Crippen LogP contribution in [0, 0.1) is 0 Å². The Bertz CT molecular complexity index is 692. The Hall–Kier alpha value is -1.65. The predicted octanol–water partition coefficient (Wildman–Crippen LogP) is 4.15. The zero-order valence-electron chi connectivity index (χ0n) is 14.0. The van der Waals surface area contributed by atoms with Crippen molar-refractivity contribution in [3.63, 3.8) is 0 Å². The van der Waals surface area contributed by atoms with Crippen molar-refractivity contribution >= 4 is 7.60 Å². The van der Waals surface area contributed by atoms with Gasteiger partial charge in [-0.2, -0.15) is 0 Å². The van der Waals surface area contributed by atoms with E-state index in [9.17, 15) is 9.67 Å². The lowest BCUT2D eigenvalue weighted by atomic mass is 10.0. The summed E-state index contributed by atoms with van der Waals surface area (Å²) in [7, 11) is -3.31. The summed E-state index contributed by atoms with van der Waals surface area (Å²) in [6.07, 6.45) is 0.400. The van der Waals surface area contributed by atoms with E-state index < -0.39 is 13.4 Å². The van der Waals surface area contributed by atoms with Gasteiger partial charge in [-0.05, 0) is 49.1 Å². The third-order valence-corrected chi connectivity index (χ3v) is 5.83. The molecule has 24 heavy (non-hydrogen) atoms. The smallest absolute Gasteiger partial charge is 0.347 e. The lowest BCUT2D eigenvalue weighted by Crippen LogP contribution is -2.25. The number of benzene rings is 2. The van der Waals surface area contributed by atoms with Crippen molar-refractivity contribution in [3.8, 4) is 16.9 Å². The van der Waals surface area contributed by atoms with E-state index in [0.717, 1.165) is 16.7 Å². The highest BCUT2D eigenvalue weighted by Crippen LogP contribution is 2.51. The molecule has 2 aromatic rings. The molecule has 0 heterocycles. The molecule has 2 rings (SSSR count). The van der Waals surface area contributed by atoms with Gasteiger partial charge >= 0.3 is 7.60 Å². The molecule has 0 fully saturated rings. The maximum atomic E-state index is 12.6. The molecule has 3 N–H and O–H groups in total. The molecule has 1 unspecified atom stereocenters. The van der Waals surface area contributed by atoms with Crippen molar-refractivity contribution < 1.29 is 18.7 Å². The minimum atomic E-state index is -3.31. The van der Waals surface area contributed by atoms with Crippen LogP contribution in [0.5, 0.6) is 5.75 Å². The first-order valence-corrected chi connectivity index (χ1v) is 9.62. The van der Waals surface area contributed by atoms with Crippen molar-refractivity contribution in [1.82, 2.24) is 0 Å². The van der Waals surface area contributed by atoms with Gasteiger partial charge in [-0.15, -0.1) is 0 Å². The topological polar surface area (TPSA) is 81.8 Å². The molecule has 1 atom stereocenters. The van der Waals surface area contributed by atoms with E-state index >= 15 is 0 Å². The molecule has 0 aliphatic rings. The van der Waals surface area contributed by atoms with Crippen molar-refractivity contribution in [1.29, 1.82) is 0 Å². The number of hydrogen-bond acceptors (Lipinski definition) is 5. The summed E-state index contributed by atoms with van der Waals surface area (Å²) < 4.78 is 23.2. The molecule has 0 saturated carbocycles. The molecule has 6 heteroatoms. The van der Waals surface area contributed by atoms with Gasteiger partial charge in [-0.1, -0.05) is 36.4 Å². The first-order chi connectivity index (χ1) is 11.5. The molecule has 2 aromatic carbocycles. The van der Waals surface area contributed by atoms with Crippen molar-refractivity contribution in [2.24, 2.45) is 5.73 Å². The second kappa shape index (κ2) is 8.45. The van der Waals surface area contributed by atoms with E-state index in [-0.39, 0.29) is 5.75 Å². The third kappa shape index (κ3) is 4.68. The summed E-state index contributed by atoms with van der Waals surface area (Å²) >= 11 is 0. The number of nitrogens with two attached hydrogens (primary N) is 1. The number of aromatic hydroxyl groups is 1. The van der Waals surface area contributed by atoms with Crippen molar-refractivity contribution in [2.45, 2.75) is 26.1 Å². The van der Waals surface area contributed by atoms with E-state index in [1.807, 2.05) is 30.3 Å². The summed E-state index contributed by atoms with van der Waals surface area (Å²) in [5, 5.41) is 9.56. The Labute approximate surface area is 143 Å². The number of phenols is 1. The SMILES string of the molecule is CCOP(=O)(OCC)C(N)Cc1ccc(-c2cccc(O)c2)cc1. The maximum absolute atomic E-state index is 12.6. The fourth-order valence-corrected chi connectivity index (χ4v) is 4.07. The van der Waals surface area contributed by atoms with Gasteiger partial charge in [-0.25, -0.2) is 0 Å². The Morgan fingerprint density at radius 2 is 1.67 bits per heavy atom. The lowest BCUT2D eigenvalue weighted by molar-refractivity contribution is 0.212. The summed E-state index contributed by atoms with van der Waals surface area (Å²) in [5.74, 6) is -0.475. The zero-order chi connectivity index (χ0) is 17.6. The van der Waals surface area contributed by atoms with Crippen molar-refractivity contribution in [3.05, 3.63) is 54.1 Å². The van der Waals surface area contributed by atoms with Crippen LogP contribution < -0.4 is 5.73 Å². The Morgan fingerprint density at radius 1 is 1.04 bits per heavy atom.